The summed E-state index contributed by atoms with van der Waals surface area (Å²) >= 11 is 0. The second-order valence-electron chi connectivity index (χ2n) is 4.80. The van der Waals surface area contributed by atoms with E-state index in [0.717, 1.165) is 24.7 Å². The third-order valence-corrected chi connectivity index (χ3v) is 3.28. The average molecular weight is 279 g/mol. The molecule has 20 heavy (non-hydrogen) atoms. The van der Waals surface area contributed by atoms with E-state index in [1.54, 1.807) is 16.9 Å². The molecule has 0 aliphatic rings. The zero-order valence-corrected chi connectivity index (χ0v) is 11.7. The molecule has 1 aromatic carbocycles. The number of benzene rings is 1. The first kappa shape index (κ1) is 14.7. The van der Waals surface area contributed by atoms with Crippen LogP contribution in [-0.2, 0) is 6.54 Å². The van der Waals surface area contributed by atoms with Crippen LogP contribution < -0.4 is 5.32 Å². The number of nitrogens with one attached hydrogen (secondary N) is 1. The van der Waals surface area contributed by atoms with Crippen LogP contribution in [0.1, 0.15) is 30.6 Å². The summed E-state index contributed by atoms with van der Waals surface area (Å²) in [6, 6.07) is 5.87. The van der Waals surface area contributed by atoms with E-state index in [0.29, 0.717) is 12.1 Å². The van der Waals surface area contributed by atoms with Crippen molar-refractivity contribution in [2.75, 3.05) is 6.54 Å². The maximum Gasteiger partial charge on any atom is 0.163 e. The Morgan fingerprint density at radius 2 is 2.10 bits per heavy atom. The molecular formula is C15H19F2N3. The molecule has 0 fully saturated rings. The minimum atomic E-state index is -0.817. The highest BCUT2D eigenvalue weighted by molar-refractivity contribution is 5.22. The Balaban J connectivity index is 2.27. The van der Waals surface area contributed by atoms with E-state index in [1.165, 1.54) is 6.07 Å². The number of aromatic nitrogens is 2. The molecule has 0 saturated carbocycles. The van der Waals surface area contributed by atoms with Crippen molar-refractivity contribution >= 4 is 0 Å². The van der Waals surface area contributed by atoms with Gasteiger partial charge in [-0.15, -0.1) is 0 Å². The minimum Gasteiger partial charge on any atom is -0.308 e. The fourth-order valence-electron chi connectivity index (χ4n) is 2.14. The lowest BCUT2D eigenvalue weighted by atomic mass is 10.1. The van der Waals surface area contributed by atoms with Gasteiger partial charge in [0.1, 0.15) is 0 Å². The average Bonchev–Trinajstić information content (AvgIpc) is 2.83. The third-order valence-electron chi connectivity index (χ3n) is 3.28. The molecule has 1 aromatic heterocycles. The van der Waals surface area contributed by atoms with Gasteiger partial charge < -0.3 is 5.32 Å². The van der Waals surface area contributed by atoms with Crippen molar-refractivity contribution in [3.63, 3.8) is 0 Å². The van der Waals surface area contributed by atoms with Crippen LogP contribution >= 0.6 is 0 Å². The van der Waals surface area contributed by atoms with Crippen molar-refractivity contribution in [2.24, 2.45) is 0 Å². The molecular weight excluding hydrogens is 260 g/mol. The van der Waals surface area contributed by atoms with Crippen LogP contribution in [0.15, 0.2) is 30.5 Å². The number of aryl methyl sites for hydroxylation is 1. The van der Waals surface area contributed by atoms with Crippen molar-refractivity contribution in [1.82, 2.24) is 15.1 Å². The minimum absolute atomic E-state index is 0.302. The first-order valence-corrected chi connectivity index (χ1v) is 6.79. The molecule has 5 heteroatoms. The number of hydrogen-bond acceptors (Lipinski definition) is 2. The van der Waals surface area contributed by atoms with E-state index in [4.69, 9.17) is 0 Å². The Morgan fingerprint density at radius 1 is 1.30 bits per heavy atom. The summed E-state index contributed by atoms with van der Waals surface area (Å²) in [5, 5.41) is 7.45. The predicted molar refractivity (Wildman–Crippen MR) is 74.4 cm³/mol. The van der Waals surface area contributed by atoms with Crippen LogP contribution in [0.4, 0.5) is 8.78 Å². The Hall–Kier alpha value is -1.75. The molecule has 1 N–H and O–H groups in total. The summed E-state index contributed by atoms with van der Waals surface area (Å²) in [6.07, 6.45) is 2.62. The Bertz CT molecular complexity index is 566. The predicted octanol–water partition coefficient (Wildman–Crippen LogP) is 3.21. The van der Waals surface area contributed by atoms with E-state index in [9.17, 15) is 8.78 Å². The quantitative estimate of drug-likeness (QED) is 0.880. The van der Waals surface area contributed by atoms with Crippen LogP contribution in [0.25, 0.3) is 0 Å². The first-order valence-electron chi connectivity index (χ1n) is 6.79. The fourth-order valence-corrected chi connectivity index (χ4v) is 2.14. The van der Waals surface area contributed by atoms with Gasteiger partial charge in [0.25, 0.3) is 0 Å². The van der Waals surface area contributed by atoms with E-state index < -0.39 is 11.6 Å². The maximum absolute atomic E-state index is 14.0. The first-order chi connectivity index (χ1) is 9.63. The van der Waals surface area contributed by atoms with Crippen molar-refractivity contribution < 1.29 is 8.78 Å². The van der Waals surface area contributed by atoms with Crippen molar-refractivity contribution in [2.45, 2.75) is 32.9 Å². The van der Waals surface area contributed by atoms with Gasteiger partial charge in [-0.05, 0) is 32.0 Å². The SMILES string of the molecule is CCCNC(Cn1nccc1C)c1cccc(F)c1F. The lowest BCUT2D eigenvalue weighted by Crippen LogP contribution is -2.28. The molecule has 2 aromatic rings. The van der Waals surface area contributed by atoms with Crippen LogP contribution in [0, 0.1) is 18.6 Å². The largest absolute Gasteiger partial charge is 0.308 e. The van der Waals surface area contributed by atoms with Gasteiger partial charge in [-0.1, -0.05) is 19.1 Å². The Morgan fingerprint density at radius 3 is 2.75 bits per heavy atom. The summed E-state index contributed by atoms with van der Waals surface area (Å²) < 4.78 is 29.1. The van der Waals surface area contributed by atoms with Gasteiger partial charge in [-0.2, -0.15) is 5.10 Å². The van der Waals surface area contributed by atoms with Crippen LogP contribution in [-0.4, -0.2) is 16.3 Å². The lowest BCUT2D eigenvalue weighted by molar-refractivity contribution is 0.407. The fraction of sp³-hybridized carbons (Fsp3) is 0.400. The van der Waals surface area contributed by atoms with Crippen LogP contribution in [0.3, 0.4) is 0 Å². The monoisotopic (exact) mass is 279 g/mol. The van der Waals surface area contributed by atoms with Crippen molar-refractivity contribution in [3.05, 3.63) is 53.4 Å². The zero-order chi connectivity index (χ0) is 14.5. The lowest BCUT2D eigenvalue weighted by Gasteiger charge is -2.20. The highest BCUT2D eigenvalue weighted by Gasteiger charge is 2.18. The van der Waals surface area contributed by atoms with Crippen LogP contribution in [0.2, 0.25) is 0 Å². The molecule has 0 radical (unpaired) electrons. The molecule has 0 amide bonds. The van der Waals surface area contributed by atoms with Gasteiger partial charge in [-0.25, -0.2) is 8.78 Å². The van der Waals surface area contributed by atoms with Gasteiger partial charge in [0, 0.05) is 17.5 Å². The molecule has 1 atom stereocenters. The number of nitrogens with zero attached hydrogens (tertiary/aromatic N) is 2. The highest BCUT2D eigenvalue weighted by atomic mass is 19.2. The van der Waals surface area contributed by atoms with Gasteiger partial charge in [-0.3, -0.25) is 4.68 Å². The third kappa shape index (κ3) is 3.22. The topological polar surface area (TPSA) is 29.9 Å². The standard InChI is InChI=1S/C15H19F2N3/c1-3-8-18-14(10-20-11(2)7-9-19-20)12-5-4-6-13(16)15(12)17/h4-7,9,14,18H,3,8,10H2,1-2H3. The molecule has 0 saturated heterocycles. The highest BCUT2D eigenvalue weighted by Crippen LogP contribution is 2.21. The second kappa shape index (κ2) is 6.61. The number of rotatable bonds is 6. The molecule has 3 nitrogen and oxygen atoms in total. The molecule has 0 bridgehead atoms. The van der Waals surface area contributed by atoms with Gasteiger partial charge in [0.15, 0.2) is 11.6 Å². The van der Waals surface area contributed by atoms with Crippen LogP contribution in [0.5, 0.6) is 0 Å². The smallest absolute Gasteiger partial charge is 0.163 e. The van der Waals surface area contributed by atoms with Crippen molar-refractivity contribution in [1.29, 1.82) is 0 Å². The Labute approximate surface area is 117 Å². The summed E-state index contributed by atoms with van der Waals surface area (Å²) in [4.78, 5) is 0. The summed E-state index contributed by atoms with van der Waals surface area (Å²) in [7, 11) is 0. The van der Waals surface area contributed by atoms with Gasteiger partial charge >= 0.3 is 0 Å². The summed E-state index contributed by atoms with van der Waals surface area (Å²) in [6.45, 7) is 5.18. The zero-order valence-electron chi connectivity index (χ0n) is 11.7. The second-order valence-corrected chi connectivity index (χ2v) is 4.80. The summed E-state index contributed by atoms with van der Waals surface area (Å²) in [5.74, 6) is -1.60. The molecule has 2 rings (SSSR count). The number of hydrogen-bond donors (Lipinski definition) is 1. The van der Waals surface area contributed by atoms with Gasteiger partial charge in [0.2, 0.25) is 0 Å². The molecule has 1 unspecified atom stereocenters. The molecule has 1 heterocycles. The van der Waals surface area contributed by atoms with Crippen molar-refractivity contribution in [3.8, 4) is 0 Å². The molecule has 0 aliphatic heterocycles. The van der Waals surface area contributed by atoms with E-state index >= 15 is 0 Å². The van der Waals surface area contributed by atoms with E-state index in [1.807, 2.05) is 19.9 Å². The molecule has 108 valence electrons. The maximum atomic E-state index is 14.0. The number of halogens is 2. The normalized spacial score (nSPS) is 12.6. The Kier molecular flexibility index (Phi) is 4.84. The molecule has 0 spiro atoms. The van der Waals surface area contributed by atoms with Gasteiger partial charge in [0.05, 0.1) is 12.6 Å². The van der Waals surface area contributed by atoms with E-state index in [-0.39, 0.29) is 6.04 Å². The summed E-state index contributed by atoms with van der Waals surface area (Å²) in [5.41, 5.74) is 1.33. The van der Waals surface area contributed by atoms with E-state index in [2.05, 4.69) is 10.4 Å². The molecule has 0 aliphatic carbocycles.